The molecule has 1 heterocycles. The molecule has 11 heteroatoms. The SMILES string of the molecule is C=CCO[C@@]12Oc3ccc(OC(=O)NCc4ccccc4)cc3[C@H]3[C@H](CCCCO)[C@@H](CCCCO)C=C(C(=NOCc4ccccc4)C[C@@H]1N(C)C(=O)CCC1CCCC1)[C@H]32. The highest BCUT2D eigenvalue weighted by atomic mass is 16.7. The van der Waals surface area contributed by atoms with Gasteiger partial charge in [-0.3, -0.25) is 4.79 Å². The Bertz CT molecular complexity index is 2000. The van der Waals surface area contributed by atoms with Gasteiger partial charge in [-0.25, -0.2) is 4.79 Å². The molecule has 2 saturated carbocycles. The van der Waals surface area contributed by atoms with Crippen LogP contribution in [0.15, 0.2) is 108 Å². The number of aliphatic hydroxyl groups excluding tert-OH is 2. The lowest BCUT2D eigenvalue weighted by molar-refractivity contribution is -0.255. The average molecular weight is 848 g/mol. The number of carbonyl (C=O) groups excluding carboxylic acids is 2. The quantitative estimate of drug-likeness (QED) is 0.0548. The number of amides is 2. The van der Waals surface area contributed by atoms with Crippen LogP contribution in [-0.4, -0.2) is 71.5 Å². The van der Waals surface area contributed by atoms with Crippen LogP contribution in [0.3, 0.4) is 0 Å². The Balaban J connectivity index is 1.33. The molecule has 62 heavy (non-hydrogen) atoms. The molecule has 0 radical (unpaired) electrons. The number of nitrogens with zero attached hydrogens (tertiary/aromatic N) is 2. The van der Waals surface area contributed by atoms with E-state index in [4.69, 9.17) is 24.2 Å². The van der Waals surface area contributed by atoms with Gasteiger partial charge in [-0.1, -0.05) is 116 Å². The molecule has 332 valence electrons. The van der Waals surface area contributed by atoms with Gasteiger partial charge >= 0.3 is 6.09 Å². The van der Waals surface area contributed by atoms with E-state index in [2.05, 4.69) is 18.0 Å². The smallest absolute Gasteiger partial charge is 0.412 e. The summed E-state index contributed by atoms with van der Waals surface area (Å²) in [5, 5.41) is 27.7. The maximum Gasteiger partial charge on any atom is 0.412 e. The fraction of sp³-hybridized carbons (Fsp3) is 0.510. The summed E-state index contributed by atoms with van der Waals surface area (Å²) in [6.07, 6.45) is 14.4. The van der Waals surface area contributed by atoms with E-state index < -0.39 is 23.8 Å². The van der Waals surface area contributed by atoms with Gasteiger partial charge < -0.3 is 39.5 Å². The van der Waals surface area contributed by atoms with Crippen molar-refractivity contribution in [2.24, 2.45) is 28.8 Å². The first kappa shape index (κ1) is 45.1. The van der Waals surface area contributed by atoms with Crippen LogP contribution in [0, 0.1) is 23.7 Å². The number of aliphatic hydroxyl groups is 2. The minimum Gasteiger partial charge on any atom is -0.459 e. The number of hydrogen-bond acceptors (Lipinski definition) is 9. The fourth-order valence-electron chi connectivity index (χ4n) is 10.4. The topological polar surface area (TPSA) is 139 Å². The van der Waals surface area contributed by atoms with Crippen molar-refractivity contribution >= 4 is 17.7 Å². The third-order valence-electron chi connectivity index (χ3n) is 13.5. The van der Waals surface area contributed by atoms with E-state index in [0.29, 0.717) is 49.6 Å². The first-order valence-corrected chi connectivity index (χ1v) is 22.8. The molecule has 0 saturated heterocycles. The minimum absolute atomic E-state index is 0.0360. The van der Waals surface area contributed by atoms with Crippen molar-refractivity contribution < 1.29 is 38.9 Å². The second kappa shape index (κ2) is 21.9. The molecule has 1 aliphatic heterocycles. The van der Waals surface area contributed by atoms with E-state index in [1.54, 1.807) is 12.1 Å². The number of hydrogen-bond donors (Lipinski definition) is 3. The van der Waals surface area contributed by atoms with Crippen LogP contribution < -0.4 is 14.8 Å². The number of unbranched alkanes of at least 4 members (excludes halogenated alkanes) is 2. The van der Waals surface area contributed by atoms with Crippen LogP contribution in [0.1, 0.15) is 106 Å². The lowest BCUT2D eigenvalue weighted by Gasteiger charge is -2.59. The number of carbonyl (C=O) groups is 2. The summed E-state index contributed by atoms with van der Waals surface area (Å²) in [6.45, 7) is 5.01. The largest absolute Gasteiger partial charge is 0.459 e. The van der Waals surface area contributed by atoms with Gasteiger partial charge in [-0.15, -0.1) is 6.58 Å². The number of fused-ring (bicyclic) bond motifs is 2. The average Bonchev–Trinajstić information content (AvgIpc) is 3.83. The molecule has 4 aliphatic rings. The molecule has 0 unspecified atom stereocenters. The lowest BCUT2D eigenvalue weighted by atomic mass is 9.55. The predicted molar refractivity (Wildman–Crippen MR) is 239 cm³/mol. The second-order valence-corrected chi connectivity index (χ2v) is 17.5. The van der Waals surface area contributed by atoms with Gasteiger partial charge in [-0.05, 0) is 84.8 Å². The Morgan fingerprint density at radius 2 is 1.65 bits per heavy atom. The van der Waals surface area contributed by atoms with E-state index in [9.17, 15) is 19.8 Å². The maximum atomic E-state index is 14.4. The molecule has 0 bridgehead atoms. The second-order valence-electron chi connectivity index (χ2n) is 17.5. The van der Waals surface area contributed by atoms with Gasteiger partial charge in [0.05, 0.1) is 18.2 Å². The summed E-state index contributed by atoms with van der Waals surface area (Å²) >= 11 is 0. The van der Waals surface area contributed by atoms with Crippen molar-refractivity contribution in [3.05, 3.63) is 120 Å². The van der Waals surface area contributed by atoms with Crippen molar-refractivity contribution in [1.82, 2.24) is 10.2 Å². The summed E-state index contributed by atoms with van der Waals surface area (Å²) < 4.78 is 20.3. The van der Waals surface area contributed by atoms with Gasteiger partial charge in [0, 0.05) is 51.1 Å². The van der Waals surface area contributed by atoms with Crippen LogP contribution in [0.2, 0.25) is 0 Å². The Hall–Kier alpha value is -4.97. The third-order valence-corrected chi connectivity index (χ3v) is 13.5. The maximum absolute atomic E-state index is 14.4. The highest BCUT2D eigenvalue weighted by Gasteiger charge is 2.65. The van der Waals surface area contributed by atoms with Gasteiger partial charge in [0.15, 0.2) is 0 Å². The van der Waals surface area contributed by atoms with Crippen molar-refractivity contribution in [3.8, 4) is 11.5 Å². The van der Waals surface area contributed by atoms with E-state index >= 15 is 0 Å². The highest BCUT2D eigenvalue weighted by Crippen LogP contribution is 2.62. The van der Waals surface area contributed by atoms with E-state index in [-0.39, 0.29) is 50.1 Å². The minimum atomic E-state index is -1.34. The molecule has 0 aromatic heterocycles. The monoisotopic (exact) mass is 847 g/mol. The number of benzene rings is 3. The Labute approximate surface area is 367 Å². The predicted octanol–water partition coefficient (Wildman–Crippen LogP) is 9.24. The van der Waals surface area contributed by atoms with Crippen LogP contribution >= 0.6 is 0 Å². The van der Waals surface area contributed by atoms with Crippen molar-refractivity contribution in [1.29, 1.82) is 0 Å². The van der Waals surface area contributed by atoms with E-state index in [1.165, 1.54) is 12.8 Å². The number of allylic oxidation sites excluding steroid dienone is 1. The van der Waals surface area contributed by atoms with E-state index in [0.717, 1.165) is 72.9 Å². The van der Waals surface area contributed by atoms with Crippen LogP contribution in [-0.2, 0) is 27.5 Å². The van der Waals surface area contributed by atoms with Crippen molar-refractivity contribution in [2.45, 2.75) is 114 Å². The molecule has 3 aromatic rings. The summed E-state index contributed by atoms with van der Waals surface area (Å²) in [7, 11) is 1.87. The number of rotatable bonds is 21. The van der Waals surface area contributed by atoms with Crippen LogP contribution in [0.4, 0.5) is 4.79 Å². The molecule has 3 aromatic carbocycles. The molecule has 7 rings (SSSR count). The summed E-state index contributed by atoms with van der Waals surface area (Å²) in [5.41, 5.74) is 4.53. The zero-order valence-corrected chi connectivity index (χ0v) is 36.3. The third kappa shape index (κ3) is 10.6. The Morgan fingerprint density at radius 3 is 2.35 bits per heavy atom. The molecule has 0 spiro atoms. The van der Waals surface area contributed by atoms with Gasteiger partial charge in [-0.2, -0.15) is 0 Å². The lowest BCUT2D eigenvalue weighted by Crippen LogP contribution is -2.69. The van der Waals surface area contributed by atoms with Gasteiger partial charge in [0.25, 0.3) is 0 Å². The molecular weight excluding hydrogens is 783 g/mol. The van der Waals surface area contributed by atoms with Crippen molar-refractivity contribution in [3.63, 3.8) is 0 Å². The van der Waals surface area contributed by atoms with Crippen LogP contribution in [0.5, 0.6) is 11.5 Å². The van der Waals surface area contributed by atoms with E-state index in [1.807, 2.05) is 84.7 Å². The molecular formula is C51H65N3O8. The zero-order chi connectivity index (χ0) is 43.3. The molecule has 3 aliphatic carbocycles. The molecule has 2 amide bonds. The first-order valence-electron chi connectivity index (χ1n) is 22.8. The number of oxime groups is 1. The standard InChI is InChI=1S/C51H65N3O8/c1-3-30-59-51-46(54(2)47(57)27-24-36-16-10-11-17-36)33-44(53-60-35-38-20-8-5-9-21-38)42-31-39(22-12-14-28-55)41(23-13-15-29-56)48(49(42)51)43-32-40(25-26-45(43)62-51)61-50(58)52-34-37-18-6-4-7-19-37/h3-9,18-21,25-26,31-32,36,39,41,46,48-49,55-56H,1,10-17,22-24,27-30,33-35H2,2H3,(H,52,58)/t39-,41+,46-,48+,49+,51+/m0/s1. The normalized spacial score (nSPS) is 24.6. The molecule has 11 nitrogen and oxygen atoms in total. The van der Waals surface area contributed by atoms with Gasteiger partial charge in [0.2, 0.25) is 11.7 Å². The summed E-state index contributed by atoms with van der Waals surface area (Å²) in [4.78, 5) is 35.7. The molecule has 2 fully saturated rings. The fourth-order valence-corrected chi connectivity index (χ4v) is 10.4. The molecule has 3 N–H and O–H groups in total. The number of ether oxygens (including phenoxy) is 3. The van der Waals surface area contributed by atoms with Gasteiger partial charge in [0.1, 0.15) is 24.1 Å². The Morgan fingerprint density at radius 1 is 0.935 bits per heavy atom. The van der Waals surface area contributed by atoms with Crippen LogP contribution in [0.25, 0.3) is 0 Å². The first-order chi connectivity index (χ1) is 30.3. The van der Waals surface area contributed by atoms with Crippen molar-refractivity contribution in [2.75, 3.05) is 26.9 Å². The number of nitrogens with one attached hydrogen (secondary N) is 1. The zero-order valence-electron chi connectivity index (χ0n) is 36.3. The summed E-state index contributed by atoms with van der Waals surface area (Å²) in [5.74, 6) is -0.335. The number of likely N-dealkylation sites (N-methyl/N-ethyl adjacent to an activating group) is 1. The summed E-state index contributed by atoms with van der Waals surface area (Å²) in [6, 6.07) is 24.6. The molecule has 6 atom stereocenters. The highest BCUT2D eigenvalue weighted by molar-refractivity contribution is 6.03. The Kier molecular flexibility index (Phi) is 15.9.